The van der Waals surface area contributed by atoms with Gasteiger partial charge < -0.3 is 65.7 Å². The summed E-state index contributed by atoms with van der Waals surface area (Å²) >= 11 is -5.69. The van der Waals surface area contributed by atoms with E-state index in [2.05, 4.69) is 0 Å². The van der Waals surface area contributed by atoms with Gasteiger partial charge in [-0.1, -0.05) is 0 Å². The minimum atomic E-state index is -2.85. The quantitative estimate of drug-likeness (QED) is 0.180. The Balaban J connectivity index is -0.0000000282. The maximum absolute atomic E-state index is 10.6. The average molecular weight is 911 g/mol. The van der Waals surface area contributed by atoms with Crippen LogP contribution in [0.5, 0.6) is 0 Å². The third-order valence-corrected chi connectivity index (χ3v) is 11.1. The van der Waals surface area contributed by atoms with Gasteiger partial charge in [-0.25, -0.2) is 0 Å². The molecule has 0 saturated carbocycles. The molecule has 31 heteroatoms. The van der Waals surface area contributed by atoms with E-state index < -0.39 is 117 Å². The van der Waals surface area contributed by atoms with E-state index in [1.165, 1.54) is 0 Å². The zero-order valence-electron chi connectivity index (χ0n) is 22.7. The van der Waals surface area contributed by atoms with Crippen LogP contribution in [0.4, 0.5) is 0 Å². The van der Waals surface area contributed by atoms with E-state index in [0.29, 0.717) is 0 Å². The van der Waals surface area contributed by atoms with Crippen molar-refractivity contribution >= 4 is 54.9 Å². The molecule has 255 valence electrons. The van der Waals surface area contributed by atoms with Crippen molar-refractivity contribution in [3.63, 3.8) is 0 Å². The van der Waals surface area contributed by atoms with Crippen LogP contribution in [0.2, 0.25) is 0 Å². The van der Waals surface area contributed by atoms with E-state index in [1.54, 1.807) is 0 Å². The molecule has 4 fully saturated rings. The Morgan fingerprint density at radius 2 is 1.02 bits per heavy atom. The molecule has 4 heterocycles. The summed E-state index contributed by atoms with van der Waals surface area (Å²) in [6, 6.07) is 0. The van der Waals surface area contributed by atoms with Gasteiger partial charge in [-0.15, -0.1) is 0 Å². The predicted molar refractivity (Wildman–Crippen MR) is 117 cm³/mol. The maximum Gasteiger partial charge on any atom is 1.00 e. The number of carbonyl (C=O) groups excluding carboxylic acids is 2. The molecule has 4 saturated heterocycles. The molecule has 43 heavy (non-hydrogen) atoms. The molecule has 0 aromatic heterocycles. The Morgan fingerprint density at radius 1 is 0.628 bits per heavy atom. The second-order valence-corrected chi connectivity index (χ2v) is 12.1. The van der Waals surface area contributed by atoms with Crippen molar-refractivity contribution in [2.45, 2.75) is 48.8 Å². The van der Waals surface area contributed by atoms with E-state index in [1.807, 2.05) is 0 Å². The van der Waals surface area contributed by atoms with Crippen LogP contribution in [-0.2, 0) is 27.7 Å². The van der Waals surface area contributed by atoms with Crippen LogP contribution in [0.15, 0.2) is 0 Å². The molecule has 4 bridgehead atoms. The summed E-state index contributed by atoms with van der Waals surface area (Å²) in [5.41, 5.74) is 0. The summed E-state index contributed by atoms with van der Waals surface area (Å²) < 4.78 is 30.4. The Morgan fingerprint density at radius 3 is 1.35 bits per heavy atom. The smallest absolute Gasteiger partial charge is 0.870 e. The molecule has 4 aliphatic heterocycles. The number of rotatable bonds is 6. The molecule has 0 aromatic carbocycles. The number of fused-ring (bicyclic) bond motifs is 4. The molecule has 0 amide bonds. The standard InChI is InChI=1S/2C6H9O7.3Na.12H2O.2Sb/c2*7-1-2(8)3(9)4(10)5(11)6(12)13;;;;;;;;;;;;;;;;;/h2*2-5,7-8H,1H2,(H,12,13);;;;12*1H2;;/q2*-3;3*+1;;;;;;;;;;;;;+3;+4/p-4/t2*2-,3-,4+,5-;;;;;;;;;;;;;;;;;/m11................./s1. The molecule has 0 aliphatic carbocycles. The largest absolute Gasteiger partial charge is 1.00 e. The fraction of sp³-hybridized carbons (Fsp3) is 0.833. The van der Waals surface area contributed by atoms with Crippen molar-refractivity contribution in [3.05, 3.63) is 0 Å². The molecule has 4 aliphatic rings. The van der Waals surface area contributed by atoms with E-state index in [9.17, 15) is 30.0 Å². The molecule has 0 spiro atoms. The minimum Gasteiger partial charge on any atom is -0.870 e. The van der Waals surface area contributed by atoms with Crippen molar-refractivity contribution < 1.29 is 213 Å². The Bertz CT molecular complexity index is 568. The third-order valence-electron chi connectivity index (χ3n) is 4.07. The van der Waals surface area contributed by atoms with E-state index >= 15 is 0 Å². The molecule has 4 rings (SSSR count). The summed E-state index contributed by atoms with van der Waals surface area (Å²) in [7, 11) is 0. The number of carbonyl (C=O) groups is 2. The summed E-state index contributed by atoms with van der Waals surface area (Å²) in [6.07, 6.45) is -7.91. The summed E-state index contributed by atoms with van der Waals surface area (Å²) in [5.74, 6) is -2.75. The van der Waals surface area contributed by atoms with Crippen molar-refractivity contribution in [2.24, 2.45) is 0 Å². The molecular formula is C12H38Na3O26Sb2. The molecule has 1 radical (unpaired) electrons. The fourth-order valence-corrected chi connectivity index (χ4v) is 10.8. The van der Waals surface area contributed by atoms with E-state index in [-0.39, 0.29) is 154 Å². The topological polar surface area (TPSA) is 592 Å². The van der Waals surface area contributed by atoms with E-state index in [4.69, 9.17) is 28.3 Å². The molecule has 0 unspecified atom stereocenters. The first-order chi connectivity index (χ1) is 13.3. The summed E-state index contributed by atoms with van der Waals surface area (Å²) in [5, 5.41) is 57.1. The van der Waals surface area contributed by atoms with Crippen LogP contribution in [0, 0.1) is 0 Å². The van der Waals surface area contributed by atoms with Gasteiger partial charge in [0.2, 0.25) is 0 Å². The molecule has 26 nitrogen and oxygen atoms in total. The molecule has 8 atom stereocenters. The van der Waals surface area contributed by atoms with Gasteiger partial charge in [0.05, 0.1) is 0 Å². The van der Waals surface area contributed by atoms with E-state index in [0.717, 1.165) is 0 Å². The normalized spacial score (nSPS) is 25.3. The molecular weight excluding hydrogens is 873 g/mol. The Labute approximate surface area is 325 Å². The van der Waals surface area contributed by atoms with Crippen LogP contribution < -0.4 is 98.9 Å². The predicted octanol–water partition coefficient (Wildman–Crippen LogP) is -25.1. The van der Waals surface area contributed by atoms with Crippen LogP contribution in [-0.4, -0.2) is 203 Å². The van der Waals surface area contributed by atoms with Crippen molar-refractivity contribution in [3.8, 4) is 0 Å². The first-order valence-corrected chi connectivity index (χ1v) is 14.1. The van der Waals surface area contributed by atoms with Crippen LogP contribution in [0.25, 0.3) is 0 Å². The Kier molecular flexibility index (Phi) is 77.7. The van der Waals surface area contributed by atoms with Gasteiger partial charge in [0, 0.05) is 0 Å². The van der Waals surface area contributed by atoms with Gasteiger partial charge in [-0.05, 0) is 0 Å². The van der Waals surface area contributed by atoms with Crippen molar-refractivity contribution in [2.75, 3.05) is 13.2 Å². The number of hydrogen-bond acceptors (Lipinski definition) is 16. The second kappa shape index (κ2) is 39.1. The summed E-state index contributed by atoms with van der Waals surface area (Å²) in [4.78, 5) is 21.1. The number of aliphatic carboxylic acids is 2. The third kappa shape index (κ3) is 20.7. The first-order valence-electron chi connectivity index (χ1n) is 7.87. The summed E-state index contributed by atoms with van der Waals surface area (Å²) in [6.45, 7) is -1.00. The van der Waals surface area contributed by atoms with Crippen LogP contribution in [0.1, 0.15) is 0 Å². The van der Waals surface area contributed by atoms with Crippen LogP contribution >= 0.6 is 0 Å². The first kappa shape index (κ1) is 85.4. The van der Waals surface area contributed by atoms with Crippen molar-refractivity contribution in [1.82, 2.24) is 0 Å². The van der Waals surface area contributed by atoms with Gasteiger partial charge in [-0.2, -0.15) is 0 Å². The zero-order chi connectivity index (χ0) is 20.6. The number of carboxylic acids is 2. The molecule has 26 N–H and O–H groups in total. The number of hydrogen-bond donors (Lipinski definition) is 4. The van der Waals surface area contributed by atoms with Crippen molar-refractivity contribution in [1.29, 1.82) is 0 Å². The monoisotopic (exact) mass is 909 g/mol. The van der Waals surface area contributed by atoms with Gasteiger partial charge in [0.15, 0.2) is 0 Å². The molecule has 0 aromatic rings. The average Bonchev–Trinajstić information content (AvgIpc) is 3.45. The number of aliphatic hydroxyl groups excluding tert-OH is 4. The SMILES string of the molecule is O.O.O.O.O.O.O.O.O.O.O=C([O-])[C@@H]1[O][Sb+]2[O][C@H]([C@H](O)CO)[C@@H]1[O]2.O=C([O-])[C@@H]1[O][Sb]2[O][C@H]([C@H](O)CO)[C@@H]1[O]2.[Na+].[Na+].[Na+].[OH-].[OH-]. The van der Waals surface area contributed by atoms with Gasteiger partial charge in [0.25, 0.3) is 0 Å². The fourth-order valence-electron chi connectivity index (χ4n) is 2.69. The second-order valence-electron chi connectivity index (χ2n) is 5.92. The van der Waals surface area contributed by atoms with Gasteiger partial charge in [0.1, 0.15) is 0 Å². The maximum atomic E-state index is 10.6. The number of carboxylic acid groups (broad SMARTS) is 2. The number of aliphatic hydroxyl groups is 4. The van der Waals surface area contributed by atoms with Gasteiger partial charge in [-0.3, -0.25) is 0 Å². The van der Waals surface area contributed by atoms with Gasteiger partial charge >= 0.3 is 264 Å². The zero-order valence-corrected chi connectivity index (χ0v) is 33.8. The van der Waals surface area contributed by atoms with Crippen LogP contribution in [0.3, 0.4) is 0 Å². The minimum absolute atomic E-state index is 0. The Hall–Kier alpha value is 2.70.